The van der Waals surface area contributed by atoms with Gasteiger partial charge in [-0.2, -0.15) is 0 Å². The number of benzene rings is 5. The number of methoxy groups -OCH3 is 2. The van der Waals surface area contributed by atoms with Crippen molar-refractivity contribution in [3.8, 4) is 23.0 Å². The van der Waals surface area contributed by atoms with Crippen LogP contribution >= 0.6 is 39.1 Å². The molecule has 0 unspecified atom stereocenters. The number of ether oxygens (including phenoxy) is 3. The normalized spacial score (nSPS) is 13.1. The molecule has 2 N–H and O–H groups in total. The Morgan fingerprint density at radius 3 is 2.16 bits per heavy atom. The van der Waals surface area contributed by atoms with Gasteiger partial charge in [-0.3, -0.25) is 24.1 Å². The van der Waals surface area contributed by atoms with E-state index in [2.05, 4.69) is 21.2 Å². The Morgan fingerprint density at radius 2 is 1.48 bits per heavy atom. The highest BCUT2D eigenvalue weighted by Crippen LogP contribution is 2.34. The third-order valence-corrected chi connectivity index (χ3v) is 10.9. The molecule has 11 nitrogen and oxygen atoms in total. The van der Waals surface area contributed by atoms with Crippen molar-refractivity contribution in [3.05, 3.63) is 152 Å². The summed E-state index contributed by atoms with van der Waals surface area (Å²) < 4.78 is 17.3. The maximum Gasteiger partial charge on any atom is 0.261 e. The van der Waals surface area contributed by atoms with Gasteiger partial charge in [0.15, 0.2) is 11.5 Å². The van der Waals surface area contributed by atoms with Crippen molar-refractivity contribution in [2.75, 3.05) is 33.9 Å². The molecule has 0 saturated heterocycles. The van der Waals surface area contributed by atoms with Crippen LogP contribution in [-0.2, 0) is 17.6 Å². The number of amides is 4. The van der Waals surface area contributed by atoms with Crippen LogP contribution in [0, 0.1) is 0 Å². The van der Waals surface area contributed by atoms with E-state index in [1.54, 1.807) is 54.6 Å². The number of aliphatic hydroxyl groups is 1. The third-order valence-electron chi connectivity index (χ3n) is 9.69. The van der Waals surface area contributed by atoms with E-state index in [9.17, 15) is 24.3 Å². The highest BCUT2D eigenvalue weighted by molar-refractivity contribution is 9.10. The molecule has 5 aromatic rings. The number of hydrogen-bond acceptors (Lipinski definition) is 8. The molecule has 58 heavy (non-hydrogen) atoms. The molecular formula is C44H40BrCl2N3O8. The molecule has 4 amide bonds. The molecule has 0 spiro atoms. The van der Waals surface area contributed by atoms with Gasteiger partial charge in [0.1, 0.15) is 11.5 Å². The fourth-order valence-corrected chi connectivity index (χ4v) is 7.64. The second kappa shape index (κ2) is 19.4. The summed E-state index contributed by atoms with van der Waals surface area (Å²) in [7, 11) is 2.95. The SMILES string of the molecule is COc1cc(Br)c(C(=O)N[C@H](Cc2cccc(Oc3ccccc3)c2)[C@@H](O)CN(CCc2ccc(Cl)cc2Cl)C(=O)CCN2C(=O)c3ccccc3C2=O)cc1OC. The lowest BCUT2D eigenvalue weighted by molar-refractivity contribution is -0.133. The van der Waals surface area contributed by atoms with Crippen LogP contribution in [0.2, 0.25) is 10.0 Å². The van der Waals surface area contributed by atoms with Crippen LogP contribution in [-0.4, -0.2) is 84.5 Å². The van der Waals surface area contributed by atoms with Crippen molar-refractivity contribution in [2.24, 2.45) is 0 Å². The minimum Gasteiger partial charge on any atom is -0.493 e. The van der Waals surface area contributed by atoms with E-state index in [0.717, 1.165) is 16.0 Å². The summed E-state index contributed by atoms with van der Waals surface area (Å²) in [5, 5.41) is 15.9. The Labute approximate surface area is 354 Å². The van der Waals surface area contributed by atoms with Gasteiger partial charge >= 0.3 is 0 Å². The van der Waals surface area contributed by atoms with Crippen molar-refractivity contribution in [1.82, 2.24) is 15.1 Å². The average Bonchev–Trinajstić information content (AvgIpc) is 3.46. The van der Waals surface area contributed by atoms with Crippen LogP contribution in [0.3, 0.4) is 0 Å². The van der Waals surface area contributed by atoms with E-state index in [-0.39, 0.29) is 49.2 Å². The number of rotatable bonds is 17. The number of para-hydroxylation sites is 1. The van der Waals surface area contributed by atoms with Gasteiger partial charge in [0.05, 0.1) is 43.1 Å². The summed E-state index contributed by atoms with van der Waals surface area (Å²) >= 11 is 16.1. The molecule has 5 aromatic carbocycles. The fourth-order valence-electron chi connectivity index (χ4n) is 6.63. The highest BCUT2D eigenvalue weighted by atomic mass is 79.9. The molecule has 300 valence electrons. The lowest BCUT2D eigenvalue weighted by atomic mass is 9.99. The van der Waals surface area contributed by atoms with E-state index in [0.29, 0.717) is 43.9 Å². The first-order chi connectivity index (χ1) is 27.9. The number of nitrogens with zero attached hydrogens (tertiary/aromatic N) is 2. The molecule has 14 heteroatoms. The number of imide groups is 1. The summed E-state index contributed by atoms with van der Waals surface area (Å²) in [4.78, 5) is 56.8. The van der Waals surface area contributed by atoms with Crippen LogP contribution in [0.25, 0.3) is 0 Å². The average molecular weight is 890 g/mol. The molecule has 0 radical (unpaired) electrons. The topological polar surface area (TPSA) is 135 Å². The van der Waals surface area contributed by atoms with Gasteiger partial charge in [-0.15, -0.1) is 0 Å². The fraction of sp³-hybridized carbons (Fsp3) is 0.227. The molecule has 1 aliphatic heterocycles. The summed E-state index contributed by atoms with van der Waals surface area (Å²) in [5.41, 5.74) is 2.24. The predicted molar refractivity (Wildman–Crippen MR) is 224 cm³/mol. The lowest BCUT2D eigenvalue weighted by Gasteiger charge is -2.31. The third kappa shape index (κ3) is 10.2. The second-order valence-corrected chi connectivity index (χ2v) is 15.2. The van der Waals surface area contributed by atoms with Gasteiger partial charge in [-0.05, 0) is 101 Å². The first-order valence-electron chi connectivity index (χ1n) is 18.3. The maximum atomic E-state index is 14.1. The van der Waals surface area contributed by atoms with Crippen LogP contribution in [0.1, 0.15) is 48.6 Å². The van der Waals surface area contributed by atoms with Crippen LogP contribution in [0.15, 0.2) is 114 Å². The number of fused-ring (bicyclic) bond motifs is 1. The number of halogens is 3. The Kier molecular flexibility index (Phi) is 14.1. The lowest BCUT2D eigenvalue weighted by Crippen LogP contribution is -2.51. The Morgan fingerprint density at radius 1 is 0.828 bits per heavy atom. The molecule has 1 heterocycles. The molecule has 0 bridgehead atoms. The van der Waals surface area contributed by atoms with Crippen molar-refractivity contribution in [1.29, 1.82) is 0 Å². The summed E-state index contributed by atoms with van der Waals surface area (Å²) in [6.07, 6.45) is -1.08. The zero-order chi connectivity index (χ0) is 41.3. The smallest absolute Gasteiger partial charge is 0.261 e. The van der Waals surface area contributed by atoms with Gasteiger partial charge in [0.25, 0.3) is 17.7 Å². The number of carbonyl (C=O) groups excluding carboxylic acids is 4. The quantitative estimate of drug-likeness (QED) is 0.0898. The van der Waals surface area contributed by atoms with Crippen molar-refractivity contribution < 1.29 is 38.5 Å². The van der Waals surface area contributed by atoms with E-state index in [1.165, 1.54) is 25.2 Å². The summed E-state index contributed by atoms with van der Waals surface area (Å²) in [5.74, 6) is 0.0284. The molecule has 1 aliphatic rings. The monoisotopic (exact) mass is 887 g/mol. The molecule has 0 fully saturated rings. The van der Waals surface area contributed by atoms with E-state index in [1.807, 2.05) is 48.5 Å². The second-order valence-electron chi connectivity index (χ2n) is 13.5. The first-order valence-corrected chi connectivity index (χ1v) is 19.9. The van der Waals surface area contributed by atoms with Gasteiger partial charge < -0.3 is 29.5 Å². The first kappa shape index (κ1) is 42.2. The molecule has 2 atom stereocenters. The summed E-state index contributed by atoms with van der Waals surface area (Å²) in [6.45, 7) is -0.271. The molecule has 0 saturated carbocycles. The molecular weight excluding hydrogens is 849 g/mol. The van der Waals surface area contributed by atoms with E-state index >= 15 is 0 Å². The van der Waals surface area contributed by atoms with Gasteiger partial charge in [-0.25, -0.2) is 0 Å². The molecule has 0 aliphatic carbocycles. The standard InChI is InChI=1S/C44H40BrCl2N3O8/c1-56-39-24-34(35(45)25-40(39)57-2)42(53)48-37(22-27-9-8-12-31(21-27)58-30-10-4-3-5-11-30)38(51)26-49(19-17-28-15-16-29(46)23-36(28)47)41(52)18-20-50-43(54)32-13-6-7-14-33(32)44(50)55/h3-16,21,23-25,37-38,51H,17-20,22,26H2,1-2H3,(H,48,53)/t37-,38+/m1/s1. The highest BCUT2D eigenvalue weighted by Gasteiger charge is 2.36. The van der Waals surface area contributed by atoms with E-state index < -0.39 is 35.8 Å². The van der Waals surface area contributed by atoms with Gasteiger partial charge in [-0.1, -0.05) is 71.7 Å². The Balaban J connectivity index is 1.27. The Bertz CT molecular complexity index is 2280. The zero-order valence-electron chi connectivity index (χ0n) is 31.6. The Hall–Kier alpha value is -5.40. The minimum atomic E-state index is -1.31. The number of carbonyl (C=O) groups is 4. The predicted octanol–water partition coefficient (Wildman–Crippen LogP) is 8.03. The molecule has 0 aromatic heterocycles. The van der Waals surface area contributed by atoms with Crippen LogP contribution in [0.5, 0.6) is 23.0 Å². The van der Waals surface area contributed by atoms with Gasteiger partial charge in [0, 0.05) is 40.6 Å². The van der Waals surface area contributed by atoms with Crippen molar-refractivity contribution in [3.63, 3.8) is 0 Å². The van der Waals surface area contributed by atoms with Crippen LogP contribution in [0.4, 0.5) is 0 Å². The number of aliphatic hydroxyl groups excluding tert-OH is 1. The zero-order valence-corrected chi connectivity index (χ0v) is 34.7. The van der Waals surface area contributed by atoms with Gasteiger partial charge in [0.2, 0.25) is 5.91 Å². The summed E-state index contributed by atoms with van der Waals surface area (Å²) in [6, 6.07) is 30.3. The van der Waals surface area contributed by atoms with Crippen LogP contribution < -0.4 is 19.5 Å². The number of nitrogens with one attached hydrogen (secondary N) is 1. The minimum absolute atomic E-state index is 0.113. The van der Waals surface area contributed by atoms with Crippen molar-refractivity contribution >= 4 is 62.8 Å². The van der Waals surface area contributed by atoms with Crippen molar-refractivity contribution in [2.45, 2.75) is 31.4 Å². The largest absolute Gasteiger partial charge is 0.493 e. The van der Waals surface area contributed by atoms with E-state index in [4.69, 9.17) is 37.4 Å². The number of hydrogen-bond donors (Lipinski definition) is 2. The molecule has 6 rings (SSSR count). The maximum absolute atomic E-state index is 14.1.